The van der Waals surface area contributed by atoms with Gasteiger partial charge in [0.2, 0.25) is 0 Å². The number of esters is 4. The van der Waals surface area contributed by atoms with E-state index in [0.717, 1.165) is 122 Å². The van der Waals surface area contributed by atoms with E-state index in [2.05, 4.69) is 46.8 Å². The molecule has 0 aromatic rings. The van der Waals surface area contributed by atoms with Crippen molar-refractivity contribution in [3.05, 3.63) is 12.2 Å². The van der Waals surface area contributed by atoms with Gasteiger partial charge in [-0.3, -0.25) is 28.2 Å². The average Bonchev–Trinajstić information content (AvgIpc) is 0.752. The summed E-state index contributed by atoms with van der Waals surface area (Å²) in [4.78, 5) is 66.5. The van der Waals surface area contributed by atoms with Crippen molar-refractivity contribution in [1.82, 2.24) is 0 Å². The zero-order valence-electron chi connectivity index (χ0n) is 73.4. The van der Waals surface area contributed by atoms with E-state index < -0.39 is 162 Å². The van der Waals surface area contributed by atoms with Crippen LogP contribution in [0.3, 0.4) is 0 Å². The predicted octanol–water partition coefficient (Wildman–Crippen LogP) is 17.4. The standard InChI is InChI=1S/C91H169O25P/c1-6-10-14-18-22-25-28-31-32-33-36-39-42-45-53-59-65-77(96)113-86-82(101)83(102)87(114-90-84(103)80(99)78(97)72(66-92)111-90)89(88(86)115-91-85(104)81(100)79(98)73(112-91)69-108-75(94)63-57-50-43-40-37-34-29-26-23-19-15-11-7-2)116-117(105,106)109-68-71(110-76(95)64-58-52-44-41-38-35-30-27-24-20-16-12-8-3)67-107-74(93)62-56-51-47-46-49-55-61-70(5)60-54-48-21-17-13-9-4/h34,37,70-73,78-92,97-104H,6-33,35-36,38-69H2,1-5H3,(H,105,106)/b37-34-. The van der Waals surface area contributed by atoms with E-state index in [4.69, 9.17) is 46.9 Å². The first kappa shape index (κ1) is 108. The Morgan fingerprint density at radius 1 is 0.359 bits per heavy atom. The first-order valence-electron chi connectivity index (χ1n) is 47.3. The fraction of sp³-hybridized carbons (Fsp3) is 0.934. The molecule has 19 atom stereocenters. The van der Waals surface area contributed by atoms with Gasteiger partial charge in [0.15, 0.2) is 24.8 Å². The quantitative estimate of drug-likeness (QED) is 0.00889. The summed E-state index contributed by atoms with van der Waals surface area (Å²) in [6, 6.07) is 0. The number of carbonyl (C=O) groups is 4. The van der Waals surface area contributed by atoms with E-state index in [9.17, 15) is 74.6 Å². The van der Waals surface area contributed by atoms with Gasteiger partial charge in [-0.05, 0) is 57.3 Å². The Morgan fingerprint density at radius 3 is 1.11 bits per heavy atom. The zero-order valence-corrected chi connectivity index (χ0v) is 74.3. The summed E-state index contributed by atoms with van der Waals surface area (Å²) >= 11 is 0. The number of phosphoric acid groups is 1. The fourth-order valence-corrected chi connectivity index (χ4v) is 16.8. The summed E-state index contributed by atoms with van der Waals surface area (Å²) < 4.78 is 73.5. The molecule has 3 rings (SSSR count). The van der Waals surface area contributed by atoms with E-state index in [1.807, 2.05) is 0 Å². The van der Waals surface area contributed by atoms with Crippen LogP contribution in [-0.2, 0) is 70.7 Å². The highest BCUT2D eigenvalue weighted by Gasteiger charge is 2.60. The lowest BCUT2D eigenvalue weighted by Crippen LogP contribution is -2.70. The van der Waals surface area contributed by atoms with Crippen LogP contribution in [0.5, 0.6) is 0 Å². The smallest absolute Gasteiger partial charge is 0.463 e. The van der Waals surface area contributed by atoms with Gasteiger partial charge in [-0.2, -0.15) is 0 Å². The molecule has 0 amide bonds. The van der Waals surface area contributed by atoms with E-state index in [-0.39, 0.29) is 25.7 Å². The molecule has 0 bridgehead atoms. The predicted molar refractivity (Wildman–Crippen MR) is 453 cm³/mol. The number of hydrogen-bond acceptors (Lipinski definition) is 24. The van der Waals surface area contributed by atoms with Gasteiger partial charge >= 0.3 is 31.7 Å². The third kappa shape index (κ3) is 50.1. The Kier molecular flexibility index (Phi) is 64.4. The Bertz CT molecular complexity index is 2500. The molecule has 10 N–H and O–H groups in total. The van der Waals surface area contributed by atoms with Crippen molar-refractivity contribution in [3.63, 3.8) is 0 Å². The monoisotopic (exact) mass is 1690 g/mol. The molecule has 2 aliphatic heterocycles. The number of hydrogen-bond donors (Lipinski definition) is 10. The lowest BCUT2D eigenvalue weighted by Gasteiger charge is -2.50. The van der Waals surface area contributed by atoms with Crippen LogP contribution in [0.2, 0.25) is 0 Å². The lowest BCUT2D eigenvalue weighted by molar-refractivity contribution is -0.360. The highest BCUT2D eigenvalue weighted by Crippen LogP contribution is 2.49. The number of allylic oxidation sites excluding steroid dienone is 2. The van der Waals surface area contributed by atoms with Crippen molar-refractivity contribution >= 4 is 31.7 Å². The van der Waals surface area contributed by atoms with Crippen LogP contribution in [0, 0.1) is 5.92 Å². The molecular formula is C91H169O25P. The molecule has 3 fully saturated rings. The maximum Gasteiger partial charge on any atom is 0.472 e. The van der Waals surface area contributed by atoms with Gasteiger partial charge in [0.25, 0.3) is 0 Å². The molecule has 2 saturated heterocycles. The maximum absolute atomic E-state index is 14.9. The Balaban J connectivity index is 1.93. The number of phosphoric ester groups is 1. The molecule has 25 nitrogen and oxygen atoms in total. The maximum atomic E-state index is 14.9. The number of aliphatic hydroxyl groups excluding tert-OH is 9. The van der Waals surface area contributed by atoms with E-state index >= 15 is 0 Å². The number of unbranched alkanes of at least 4 members (excludes halogenated alkanes) is 46. The number of aliphatic hydroxyl groups is 9. The summed E-state index contributed by atoms with van der Waals surface area (Å²) in [5.74, 6) is -2.28. The minimum atomic E-state index is -5.81. The van der Waals surface area contributed by atoms with Crippen molar-refractivity contribution < 1.29 is 122 Å². The molecular weight excluding hydrogens is 1520 g/mol. The third-order valence-corrected chi connectivity index (χ3v) is 24.4. The van der Waals surface area contributed by atoms with Crippen molar-refractivity contribution in [2.45, 2.75) is 511 Å². The SMILES string of the molecule is CCCCCCCC/C=C\CCCCCC(=O)OCC1OC(OC2C(OC(=O)CCCCCCCCCCCCCCCCCC)C(O)C(O)C(OC3OC(CO)C(O)C(O)C3O)C2OP(=O)(O)OCC(COC(=O)CCCCCCCCC(C)CCCCCCCC)OC(=O)CCCCCCCCCCCCCCC)C(O)C(O)C1O. The number of rotatable bonds is 76. The van der Waals surface area contributed by atoms with E-state index in [0.29, 0.717) is 44.4 Å². The molecule has 3 aliphatic rings. The molecule has 688 valence electrons. The van der Waals surface area contributed by atoms with Gasteiger partial charge in [0.1, 0.15) is 92.6 Å². The van der Waals surface area contributed by atoms with Crippen LogP contribution < -0.4 is 0 Å². The molecule has 0 radical (unpaired) electrons. The zero-order chi connectivity index (χ0) is 85.5. The molecule has 0 spiro atoms. The molecule has 117 heavy (non-hydrogen) atoms. The second-order valence-corrected chi connectivity index (χ2v) is 35.6. The van der Waals surface area contributed by atoms with Crippen LogP contribution in [0.4, 0.5) is 0 Å². The first-order chi connectivity index (χ1) is 56.6. The van der Waals surface area contributed by atoms with Gasteiger partial charge in [-0.25, -0.2) is 4.57 Å². The molecule has 0 aromatic carbocycles. The highest BCUT2D eigenvalue weighted by atomic mass is 31.2. The molecule has 1 saturated carbocycles. The normalized spacial score (nSPS) is 25.3. The van der Waals surface area contributed by atoms with Gasteiger partial charge in [0.05, 0.1) is 13.2 Å². The van der Waals surface area contributed by atoms with Crippen molar-refractivity contribution in [2.24, 2.45) is 5.92 Å². The van der Waals surface area contributed by atoms with Crippen LogP contribution in [0.25, 0.3) is 0 Å². The largest absolute Gasteiger partial charge is 0.472 e. The summed E-state index contributed by atoms with van der Waals surface area (Å²) in [6.45, 7) is 7.93. The second-order valence-electron chi connectivity index (χ2n) is 34.2. The Hall–Kier alpha value is -2.79. The number of carbonyl (C=O) groups excluding carboxylic acids is 4. The first-order valence-corrected chi connectivity index (χ1v) is 48.8. The van der Waals surface area contributed by atoms with E-state index in [1.165, 1.54) is 186 Å². The topological polar surface area (TPSA) is 380 Å². The molecule has 2 heterocycles. The van der Waals surface area contributed by atoms with Crippen LogP contribution in [-0.4, -0.2) is 205 Å². The van der Waals surface area contributed by atoms with Crippen LogP contribution in [0.15, 0.2) is 12.2 Å². The van der Waals surface area contributed by atoms with Crippen molar-refractivity contribution in [1.29, 1.82) is 0 Å². The third-order valence-electron chi connectivity index (χ3n) is 23.4. The fourth-order valence-electron chi connectivity index (χ4n) is 15.8. The summed E-state index contributed by atoms with van der Waals surface area (Å²) in [5.41, 5.74) is 0. The summed E-state index contributed by atoms with van der Waals surface area (Å²) in [7, 11) is -5.81. The van der Waals surface area contributed by atoms with Crippen LogP contribution in [0.1, 0.15) is 407 Å². The molecule has 0 aromatic heterocycles. The van der Waals surface area contributed by atoms with Crippen molar-refractivity contribution in [3.8, 4) is 0 Å². The molecule has 26 heteroatoms. The Morgan fingerprint density at radius 2 is 0.692 bits per heavy atom. The van der Waals surface area contributed by atoms with E-state index in [1.54, 1.807) is 0 Å². The second kappa shape index (κ2) is 69.5. The minimum Gasteiger partial charge on any atom is -0.463 e. The molecule has 1 aliphatic carbocycles. The minimum absolute atomic E-state index is 0.00464. The lowest BCUT2D eigenvalue weighted by atomic mass is 9.84. The summed E-state index contributed by atoms with van der Waals surface area (Å²) in [6.07, 6.45) is 26.4. The van der Waals surface area contributed by atoms with Crippen LogP contribution >= 0.6 is 7.82 Å². The van der Waals surface area contributed by atoms with Gasteiger partial charge in [0, 0.05) is 25.7 Å². The van der Waals surface area contributed by atoms with Gasteiger partial charge in [-0.15, -0.1) is 0 Å². The van der Waals surface area contributed by atoms with Crippen molar-refractivity contribution in [2.75, 3.05) is 26.4 Å². The highest BCUT2D eigenvalue weighted by molar-refractivity contribution is 7.47. The summed E-state index contributed by atoms with van der Waals surface area (Å²) in [5, 5.41) is 102. The van der Waals surface area contributed by atoms with Gasteiger partial charge < -0.3 is 88.7 Å². The molecule has 19 unspecified atom stereocenters. The Labute approximate surface area is 705 Å². The van der Waals surface area contributed by atoms with Gasteiger partial charge in [-0.1, -0.05) is 342 Å². The average molecular weight is 1690 g/mol. The number of ether oxygens (including phenoxy) is 8.